The summed E-state index contributed by atoms with van der Waals surface area (Å²) in [5.41, 5.74) is 0.957. The van der Waals surface area contributed by atoms with Crippen LogP contribution < -0.4 is 10.6 Å². The Labute approximate surface area is 131 Å². The van der Waals surface area contributed by atoms with Crippen molar-refractivity contribution < 1.29 is 14.3 Å². The van der Waals surface area contributed by atoms with Gasteiger partial charge in [-0.3, -0.25) is 4.79 Å². The molecule has 0 radical (unpaired) electrons. The van der Waals surface area contributed by atoms with Crippen LogP contribution in [-0.2, 0) is 16.1 Å². The summed E-state index contributed by atoms with van der Waals surface area (Å²) in [6.45, 7) is 0.570. The molecule has 0 aliphatic heterocycles. The van der Waals surface area contributed by atoms with Gasteiger partial charge in [0.25, 0.3) is 0 Å². The fourth-order valence-corrected chi connectivity index (χ4v) is 2.57. The molecular weight excluding hydrogens is 280 g/mol. The predicted octanol–water partition coefficient (Wildman–Crippen LogP) is 2.75. The van der Waals surface area contributed by atoms with Gasteiger partial charge in [-0.25, -0.2) is 4.79 Å². The molecule has 1 aromatic carbocycles. The Balaban J connectivity index is 1.55. The topological polar surface area (TPSA) is 67.4 Å². The molecule has 0 saturated heterocycles. The van der Waals surface area contributed by atoms with E-state index in [4.69, 9.17) is 4.74 Å². The van der Waals surface area contributed by atoms with Gasteiger partial charge in [0.2, 0.25) is 0 Å². The summed E-state index contributed by atoms with van der Waals surface area (Å²) in [6, 6.07) is 9.62. The number of ether oxygens (including phenoxy) is 1. The van der Waals surface area contributed by atoms with Crippen molar-refractivity contribution >= 4 is 12.0 Å². The quantitative estimate of drug-likeness (QED) is 0.794. The van der Waals surface area contributed by atoms with E-state index in [1.165, 1.54) is 19.3 Å². The van der Waals surface area contributed by atoms with Crippen LogP contribution in [-0.4, -0.2) is 24.6 Å². The third-order valence-electron chi connectivity index (χ3n) is 3.80. The summed E-state index contributed by atoms with van der Waals surface area (Å²) >= 11 is 0. The number of amides is 2. The molecule has 0 spiro atoms. The van der Waals surface area contributed by atoms with Crippen LogP contribution in [0.1, 0.15) is 44.1 Å². The Morgan fingerprint density at radius 2 is 1.82 bits per heavy atom. The van der Waals surface area contributed by atoms with Gasteiger partial charge in [0, 0.05) is 12.6 Å². The van der Waals surface area contributed by atoms with Crippen LogP contribution in [0.2, 0.25) is 0 Å². The van der Waals surface area contributed by atoms with Gasteiger partial charge in [0.1, 0.15) is 6.61 Å². The molecule has 1 aliphatic rings. The van der Waals surface area contributed by atoms with Gasteiger partial charge in [0.05, 0.1) is 6.42 Å². The van der Waals surface area contributed by atoms with Gasteiger partial charge in [-0.05, 0) is 18.4 Å². The second-order valence-corrected chi connectivity index (χ2v) is 5.63. The number of hydrogen-bond donors (Lipinski definition) is 2. The number of rotatable bonds is 6. The zero-order valence-corrected chi connectivity index (χ0v) is 12.8. The van der Waals surface area contributed by atoms with E-state index in [-0.39, 0.29) is 31.1 Å². The largest absolute Gasteiger partial charge is 0.461 e. The third kappa shape index (κ3) is 6.16. The van der Waals surface area contributed by atoms with E-state index < -0.39 is 0 Å². The summed E-state index contributed by atoms with van der Waals surface area (Å²) in [4.78, 5) is 23.3. The average Bonchev–Trinajstić information content (AvgIpc) is 2.55. The van der Waals surface area contributed by atoms with Crippen LogP contribution in [0.25, 0.3) is 0 Å². The van der Waals surface area contributed by atoms with Crippen LogP contribution in [0.3, 0.4) is 0 Å². The molecule has 2 rings (SSSR count). The van der Waals surface area contributed by atoms with E-state index in [2.05, 4.69) is 10.6 Å². The number of esters is 1. The smallest absolute Gasteiger partial charge is 0.315 e. The van der Waals surface area contributed by atoms with Gasteiger partial charge < -0.3 is 15.4 Å². The highest BCUT2D eigenvalue weighted by molar-refractivity contribution is 5.75. The van der Waals surface area contributed by atoms with Crippen molar-refractivity contribution in [2.45, 2.75) is 51.2 Å². The van der Waals surface area contributed by atoms with E-state index in [0.717, 1.165) is 18.4 Å². The first-order chi connectivity index (χ1) is 10.7. The van der Waals surface area contributed by atoms with Crippen molar-refractivity contribution in [3.05, 3.63) is 35.9 Å². The maximum absolute atomic E-state index is 11.7. The normalized spacial score (nSPS) is 15.1. The molecule has 2 amide bonds. The molecule has 1 aromatic rings. The van der Waals surface area contributed by atoms with Crippen LogP contribution in [0.5, 0.6) is 0 Å². The van der Waals surface area contributed by atoms with Crippen LogP contribution in [0, 0.1) is 0 Å². The van der Waals surface area contributed by atoms with Gasteiger partial charge in [-0.1, -0.05) is 49.6 Å². The minimum absolute atomic E-state index is 0.185. The lowest BCUT2D eigenvalue weighted by atomic mass is 9.96. The predicted molar refractivity (Wildman–Crippen MR) is 84.3 cm³/mol. The molecule has 0 atom stereocenters. The molecule has 2 N–H and O–H groups in total. The highest BCUT2D eigenvalue weighted by Crippen LogP contribution is 2.17. The molecule has 0 heterocycles. The van der Waals surface area contributed by atoms with Crippen LogP contribution >= 0.6 is 0 Å². The second-order valence-electron chi connectivity index (χ2n) is 5.63. The van der Waals surface area contributed by atoms with Crippen molar-refractivity contribution in [3.8, 4) is 0 Å². The van der Waals surface area contributed by atoms with Gasteiger partial charge >= 0.3 is 12.0 Å². The monoisotopic (exact) mass is 304 g/mol. The lowest BCUT2D eigenvalue weighted by Gasteiger charge is -2.22. The van der Waals surface area contributed by atoms with Crippen molar-refractivity contribution in [2.24, 2.45) is 0 Å². The number of carbonyl (C=O) groups is 2. The summed E-state index contributed by atoms with van der Waals surface area (Å²) in [5.74, 6) is -0.304. The van der Waals surface area contributed by atoms with Gasteiger partial charge in [-0.2, -0.15) is 0 Å². The standard InChI is InChI=1S/C17H24N2O3/c20-16(22-13-14-7-3-1-4-8-14)11-12-18-17(21)19-15-9-5-2-6-10-15/h1,3-4,7-8,15H,2,5-6,9-13H2,(H2,18,19,21). The number of hydrogen-bond acceptors (Lipinski definition) is 3. The number of carbonyl (C=O) groups excluding carboxylic acids is 2. The average molecular weight is 304 g/mol. The van der Waals surface area contributed by atoms with E-state index in [1.54, 1.807) is 0 Å². The molecule has 1 saturated carbocycles. The molecule has 0 aromatic heterocycles. The lowest BCUT2D eigenvalue weighted by Crippen LogP contribution is -2.43. The first-order valence-electron chi connectivity index (χ1n) is 7.98. The van der Waals surface area contributed by atoms with Gasteiger partial charge in [0.15, 0.2) is 0 Å². The fraction of sp³-hybridized carbons (Fsp3) is 0.529. The van der Waals surface area contributed by atoms with Gasteiger partial charge in [-0.15, -0.1) is 0 Å². The Morgan fingerprint density at radius 1 is 1.09 bits per heavy atom. The summed E-state index contributed by atoms with van der Waals surface area (Å²) in [7, 11) is 0. The highest BCUT2D eigenvalue weighted by Gasteiger charge is 2.15. The molecule has 0 bridgehead atoms. The maximum Gasteiger partial charge on any atom is 0.315 e. The van der Waals surface area contributed by atoms with Crippen molar-refractivity contribution in [3.63, 3.8) is 0 Å². The van der Waals surface area contributed by atoms with E-state index in [0.29, 0.717) is 6.54 Å². The zero-order chi connectivity index (χ0) is 15.6. The van der Waals surface area contributed by atoms with Crippen LogP contribution in [0.4, 0.5) is 4.79 Å². The van der Waals surface area contributed by atoms with Crippen molar-refractivity contribution in [1.82, 2.24) is 10.6 Å². The molecule has 1 aliphatic carbocycles. The van der Waals surface area contributed by atoms with E-state index >= 15 is 0 Å². The number of urea groups is 1. The molecule has 120 valence electrons. The number of benzene rings is 1. The Morgan fingerprint density at radius 3 is 2.55 bits per heavy atom. The minimum atomic E-state index is -0.304. The zero-order valence-electron chi connectivity index (χ0n) is 12.8. The van der Waals surface area contributed by atoms with Crippen LogP contribution in [0.15, 0.2) is 30.3 Å². The van der Waals surface area contributed by atoms with E-state index in [9.17, 15) is 9.59 Å². The fourth-order valence-electron chi connectivity index (χ4n) is 2.57. The summed E-state index contributed by atoms with van der Waals surface area (Å²) < 4.78 is 5.15. The number of nitrogens with one attached hydrogen (secondary N) is 2. The van der Waals surface area contributed by atoms with Crippen molar-refractivity contribution in [2.75, 3.05) is 6.54 Å². The summed E-state index contributed by atoms with van der Waals surface area (Å²) in [5, 5.41) is 5.66. The Bertz CT molecular complexity index is 470. The molecule has 1 fully saturated rings. The molecule has 22 heavy (non-hydrogen) atoms. The first kappa shape index (κ1) is 16.3. The van der Waals surface area contributed by atoms with E-state index in [1.807, 2.05) is 30.3 Å². The lowest BCUT2D eigenvalue weighted by molar-refractivity contribution is -0.144. The second kappa shape index (κ2) is 9.07. The maximum atomic E-state index is 11.7. The molecule has 5 nitrogen and oxygen atoms in total. The SMILES string of the molecule is O=C(NCCC(=O)OCc1ccccc1)NC1CCCCC1. The Hall–Kier alpha value is -2.04. The van der Waals surface area contributed by atoms with Crippen molar-refractivity contribution in [1.29, 1.82) is 0 Å². The Kier molecular flexibility index (Phi) is 6.74. The highest BCUT2D eigenvalue weighted by atomic mass is 16.5. The first-order valence-corrected chi connectivity index (χ1v) is 7.98. The molecular formula is C17H24N2O3. The molecule has 0 unspecified atom stereocenters. The minimum Gasteiger partial charge on any atom is -0.461 e. The third-order valence-corrected chi connectivity index (χ3v) is 3.80. The summed E-state index contributed by atoms with van der Waals surface area (Å²) in [6.07, 6.45) is 5.89. The molecule has 5 heteroatoms.